The third-order valence-electron chi connectivity index (χ3n) is 3.28. The van der Waals surface area contributed by atoms with Gasteiger partial charge < -0.3 is 10.1 Å². The SMILES string of the molecule is COC(=O)c1cnc([C@@H](C)NC(=O)[C@@H]2CC=CCC2)s1. The van der Waals surface area contributed by atoms with Crippen molar-refractivity contribution in [1.82, 2.24) is 10.3 Å². The zero-order chi connectivity index (χ0) is 14.5. The maximum atomic E-state index is 12.1. The third kappa shape index (κ3) is 3.45. The average Bonchev–Trinajstić information content (AvgIpc) is 2.97. The van der Waals surface area contributed by atoms with E-state index >= 15 is 0 Å². The van der Waals surface area contributed by atoms with Gasteiger partial charge >= 0.3 is 5.97 Å². The van der Waals surface area contributed by atoms with Crippen molar-refractivity contribution < 1.29 is 14.3 Å². The van der Waals surface area contributed by atoms with Gasteiger partial charge in [-0.3, -0.25) is 4.79 Å². The van der Waals surface area contributed by atoms with Gasteiger partial charge in [0.05, 0.1) is 19.3 Å². The van der Waals surface area contributed by atoms with E-state index in [2.05, 4.69) is 27.2 Å². The number of thiazole rings is 1. The van der Waals surface area contributed by atoms with Crippen LogP contribution in [0, 0.1) is 5.92 Å². The monoisotopic (exact) mass is 294 g/mol. The van der Waals surface area contributed by atoms with E-state index in [4.69, 9.17) is 0 Å². The highest BCUT2D eigenvalue weighted by molar-refractivity contribution is 7.13. The van der Waals surface area contributed by atoms with E-state index in [1.165, 1.54) is 24.6 Å². The number of nitrogens with zero attached hydrogens (tertiary/aromatic N) is 1. The number of allylic oxidation sites excluding steroid dienone is 2. The summed E-state index contributed by atoms with van der Waals surface area (Å²) in [5.74, 6) is -0.302. The van der Waals surface area contributed by atoms with Crippen LogP contribution in [0.25, 0.3) is 0 Å². The number of ether oxygens (including phenoxy) is 1. The summed E-state index contributed by atoms with van der Waals surface area (Å²) in [6, 6.07) is -0.197. The molecule has 108 valence electrons. The lowest BCUT2D eigenvalue weighted by Gasteiger charge is -2.19. The number of amides is 1. The minimum Gasteiger partial charge on any atom is -0.465 e. The van der Waals surface area contributed by atoms with Crippen molar-refractivity contribution in [3.8, 4) is 0 Å². The Hall–Kier alpha value is -1.69. The molecule has 20 heavy (non-hydrogen) atoms. The van der Waals surface area contributed by atoms with Crippen LogP contribution in [0.15, 0.2) is 18.3 Å². The fourth-order valence-electron chi connectivity index (χ4n) is 2.11. The highest BCUT2D eigenvalue weighted by Gasteiger charge is 2.22. The number of esters is 1. The molecule has 1 aromatic rings. The third-order valence-corrected chi connectivity index (χ3v) is 4.44. The van der Waals surface area contributed by atoms with Gasteiger partial charge in [0, 0.05) is 5.92 Å². The van der Waals surface area contributed by atoms with Crippen LogP contribution in [0.2, 0.25) is 0 Å². The normalized spacial score (nSPS) is 19.4. The number of methoxy groups -OCH3 is 1. The van der Waals surface area contributed by atoms with Crippen LogP contribution in [0.3, 0.4) is 0 Å². The molecule has 6 heteroatoms. The van der Waals surface area contributed by atoms with Crippen LogP contribution in [0.5, 0.6) is 0 Å². The molecule has 0 saturated heterocycles. The Balaban J connectivity index is 1.95. The Morgan fingerprint density at radius 3 is 2.95 bits per heavy atom. The fourth-order valence-corrected chi connectivity index (χ4v) is 2.95. The maximum Gasteiger partial charge on any atom is 0.349 e. The smallest absolute Gasteiger partial charge is 0.349 e. The molecule has 0 bridgehead atoms. The van der Waals surface area contributed by atoms with Crippen LogP contribution in [0.4, 0.5) is 0 Å². The van der Waals surface area contributed by atoms with Gasteiger partial charge in [-0.1, -0.05) is 12.2 Å². The van der Waals surface area contributed by atoms with Crippen LogP contribution >= 0.6 is 11.3 Å². The first-order valence-electron chi connectivity index (χ1n) is 6.61. The van der Waals surface area contributed by atoms with Crippen molar-refractivity contribution >= 4 is 23.2 Å². The molecule has 0 radical (unpaired) electrons. The summed E-state index contributed by atoms with van der Waals surface area (Å²) >= 11 is 1.25. The van der Waals surface area contributed by atoms with E-state index in [9.17, 15) is 9.59 Å². The molecular weight excluding hydrogens is 276 g/mol. The number of hydrogen-bond acceptors (Lipinski definition) is 5. The van der Waals surface area contributed by atoms with Crippen molar-refractivity contribution in [2.45, 2.75) is 32.2 Å². The van der Waals surface area contributed by atoms with E-state index in [0.717, 1.165) is 19.3 Å². The molecule has 0 fully saturated rings. The zero-order valence-electron chi connectivity index (χ0n) is 11.6. The van der Waals surface area contributed by atoms with E-state index in [1.54, 1.807) is 0 Å². The molecule has 0 aliphatic heterocycles. The van der Waals surface area contributed by atoms with Crippen LogP contribution in [-0.2, 0) is 9.53 Å². The van der Waals surface area contributed by atoms with Crippen molar-refractivity contribution in [2.75, 3.05) is 7.11 Å². The first-order chi connectivity index (χ1) is 9.61. The molecule has 1 aliphatic carbocycles. The van der Waals surface area contributed by atoms with Crippen molar-refractivity contribution in [2.24, 2.45) is 5.92 Å². The van der Waals surface area contributed by atoms with E-state index in [1.807, 2.05) is 6.92 Å². The van der Waals surface area contributed by atoms with Gasteiger partial charge in [0.25, 0.3) is 0 Å². The highest BCUT2D eigenvalue weighted by atomic mass is 32.1. The van der Waals surface area contributed by atoms with Crippen molar-refractivity contribution in [1.29, 1.82) is 0 Å². The molecule has 1 aliphatic rings. The summed E-state index contributed by atoms with van der Waals surface area (Å²) in [4.78, 5) is 28.1. The molecule has 1 heterocycles. The highest BCUT2D eigenvalue weighted by Crippen LogP contribution is 2.23. The van der Waals surface area contributed by atoms with Crippen LogP contribution in [-0.4, -0.2) is 24.0 Å². The summed E-state index contributed by atoms with van der Waals surface area (Å²) in [7, 11) is 1.34. The summed E-state index contributed by atoms with van der Waals surface area (Å²) in [6.07, 6.45) is 8.28. The lowest BCUT2D eigenvalue weighted by atomic mass is 9.93. The van der Waals surface area contributed by atoms with Gasteiger partial charge in [0.15, 0.2) is 0 Å². The summed E-state index contributed by atoms with van der Waals surface area (Å²) < 4.78 is 4.64. The predicted octanol–water partition coefficient (Wildman–Crippen LogP) is 2.46. The molecule has 0 saturated carbocycles. The van der Waals surface area contributed by atoms with Crippen LogP contribution in [0.1, 0.15) is 46.9 Å². The minimum absolute atomic E-state index is 0.0440. The maximum absolute atomic E-state index is 12.1. The average molecular weight is 294 g/mol. The first-order valence-corrected chi connectivity index (χ1v) is 7.43. The second-order valence-electron chi connectivity index (χ2n) is 4.77. The van der Waals surface area contributed by atoms with Gasteiger partial charge in [0.1, 0.15) is 9.88 Å². The number of carbonyl (C=O) groups is 2. The van der Waals surface area contributed by atoms with Gasteiger partial charge in [-0.15, -0.1) is 11.3 Å². The summed E-state index contributed by atoms with van der Waals surface area (Å²) in [6.45, 7) is 1.87. The van der Waals surface area contributed by atoms with Gasteiger partial charge in [-0.25, -0.2) is 9.78 Å². The standard InChI is InChI=1S/C14H18N2O3S/c1-9(13-15-8-11(20-13)14(18)19-2)16-12(17)10-6-4-3-5-7-10/h3-4,8-10H,5-7H2,1-2H3,(H,16,17)/t9-,10-/m1/s1. The summed E-state index contributed by atoms with van der Waals surface area (Å²) in [5, 5.41) is 3.67. The Labute approximate surface area is 122 Å². The molecule has 0 unspecified atom stereocenters. The Kier molecular flexibility index (Phi) is 4.89. The number of rotatable bonds is 4. The molecule has 1 N–H and O–H groups in total. The molecule has 1 amide bonds. The zero-order valence-corrected chi connectivity index (χ0v) is 12.4. The molecule has 0 spiro atoms. The Morgan fingerprint density at radius 2 is 2.30 bits per heavy atom. The topological polar surface area (TPSA) is 68.3 Å². The Bertz CT molecular complexity index is 524. The van der Waals surface area contributed by atoms with Gasteiger partial charge in [-0.05, 0) is 26.2 Å². The summed E-state index contributed by atoms with van der Waals surface area (Å²) in [5.41, 5.74) is 0. The molecule has 0 aromatic carbocycles. The van der Waals surface area contributed by atoms with E-state index < -0.39 is 5.97 Å². The van der Waals surface area contributed by atoms with Crippen molar-refractivity contribution in [3.05, 3.63) is 28.2 Å². The van der Waals surface area contributed by atoms with Crippen molar-refractivity contribution in [3.63, 3.8) is 0 Å². The second-order valence-corrected chi connectivity index (χ2v) is 5.83. The molecule has 1 aromatic heterocycles. The quantitative estimate of drug-likeness (QED) is 0.684. The first kappa shape index (κ1) is 14.7. The molecule has 5 nitrogen and oxygen atoms in total. The number of aromatic nitrogens is 1. The lowest BCUT2D eigenvalue weighted by molar-refractivity contribution is -0.125. The largest absolute Gasteiger partial charge is 0.465 e. The molecule has 2 rings (SSSR count). The number of nitrogens with one attached hydrogen (secondary N) is 1. The lowest BCUT2D eigenvalue weighted by Crippen LogP contribution is -2.33. The number of hydrogen-bond donors (Lipinski definition) is 1. The molecular formula is C14H18N2O3S. The van der Waals surface area contributed by atoms with Crippen LogP contribution < -0.4 is 5.32 Å². The number of carbonyl (C=O) groups excluding carboxylic acids is 2. The van der Waals surface area contributed by atoms with E-state index in [0.29, 0.717) is 9.88 Å². The van der Waals surface area contributed by atoms with Gasteiger partial charge in [-0.2, -0.15) is 0 Å². The Morgan fingerprint density at radius 1 is 1.50 bits per heavy atom. The molecule has 2 atom stereocenters. The second kappa shape index (κ2) is 6.65. The minimum atomic E-state index is -0.398. The predicted molar refractivity (Wildman–Crippen MR) is 76.5 cm³/mol. The fraction of sp³-hybridized carbons (Fsp3) is 0.500. The van der Waals surface area contributed by atoms with Gasteiger partial charge in [0.2, 0.25) is 5.91 Å². The van der Waals surface area contributed by atoms with E-state index in [-0.39, 0.29) is 17.9 Å².